The van der Waals surface area contributed by atoms with Gasteiger partial charge in [0, 0.05) is 51.3 Å². The number of nitrogens with two attached hydrogens (primary N) is 1. The zero-order valence-electron chi connectivity index (χ0n) is 18.1. The minimum Gasteiger partial charge on any atom is -0.340 e. The molecule has 8 nitrogen and oxygen atoms in total. The summed E-state index contributed by atoms with van der Waals surface area (Å²) in [4.78, 5) is 28.7. The van der Waals surface area contributed by atoms with Gasteiger partial charge in [-0.15, -0.1) is 0 Å². The summed E-state index contributed by atoms with van der Waals surface area (Å²) in [6, 6.07) is 15.9. The largest absolute Gasteiger partial charge is 0.340 e. The summed E-state index contributed by atoms with van der Waals surface area (Å²) < 4.78 is 22.6. The summed E-state index contributed by atoms with van der Waals surface area (Å²) in [7, 11) is -3.75. The van der Waals surface area contributed by atoms with Crippen molar-refractivity contribution in [3.63, 3.8) is 0 Å². The Labute approximate surface area is 189 Å². The van der Waals surface area contributed by atoms with Crippen LogP contribution < -0.4 is 10.5 Å². The molecule has 9 heteroatoms. The van der Waals surface area contributed by atoms with Crippen LogP contribution >= 0.6 is 0 Å². The highest BCUT2D eigenvalue weighted by Crippen LogP contribution is 2.13. The second-order valence-corrected chi connectivity index (χ2v) is 9.49. The minimum absolute atomic E-state index is 0.00276. The number of primary sulfonamides is 1. The molecular weight excluding hydrogens is 428 g/mol. The minimum atomic E-state index is -3.75. The molecule has 1 aliphatic rings. The highest BCUT2D eigenvalue weighted by atomic mass is 32.2. The third kappa shape index (κ3) is 7.44. The number of anilines is 1. The van der Waals surface area contributed by atoms with Gasteiger partial charge in [-0.3, -0.25) is 14.5 Å². The highest BCUT2D eigenvalue weighted by Gasteiger charge is 2.21. The standard InChI is InChI=1S/C23H30N4O4S/c24-32(30,31)21-11-9-20(10-12-21)25-22(28)13-14-26-15-17-27(18-16-26)23(29)8-4-7-19-5-2-1-3-6-19/h1-3,5-6,9-12H,4,7-8,13-18H2,(H,25,28)(H2,24,30,31). The Hall–Kier alpha value is -2.75. The van der Waals surface area contributed by atoms with E-state index in [1.54, 1.807) is 0 Å². The number of amides is 2. The van der Waals surface area contributed by atoms with Gasteiger partial charge >= 0.3 is 0 Å². The number of carbonyl (C=O) groups is 2. The fourth-order valence-electron chi connectivity index (χ4n) is 3.68. The Morgan fingerprint density at radius 2 is 1.56 bits per heavy atom. The van der Waals surface area contributed by atoms with E-state index in [0.29, 0.717) is 38.2 Å². The first-order valence-corrected chi connectivity index (χ1v) is 12.3. The van der Waals surface area contributed by atoms with Crippen LogP contribution in [0.25, 0.3) is 0 Å². The van der Waals surface area contributed by atoms with Crippen LogP contribution in [0.1, 0.15) is 24.8 Å². The Balaban J connectivity index is 1.33. The van der Waals surface area contributed by atoms with Crippen LogP contribution in [-0.4, -0.2) is 62.8 Å². The fourth-order valence-corrected chi connectivity index (χ4v) is 4.19. The normalized spacial score (nSPS) is 14.8. The smallest absolute Gasteiger partial charge is 0.238 e. The van der Waals surface area contributed by atoms with Crippen molar-refractivity contribution in [3.8, 4) is 0 Å². The molecule has 0 spiro atoms. The van der Waals surface area contributed by atoms with Crippen molar-refractivity contribution < 1.29 is 18.0 Å². The lowest BCUT2D eigenvalue weighted by Gasteiger charge is -2.34. The average Bonchev–Trinajstić information content (AvgIpc) is 2.78. The van der Waals surface area contributed by atoms with Crippen molar-refractivity contribution in [2.24, 2.45) is 5.14 Å². The first-order chi connectivity index (χ1) is 15.3. The number of rotatable bonds is 9. The topological polar surface area (TPSA) is 113 Å². The van der Waals surface area contributed by atoms with Crippen LogP contribution in [0.5, 0.6) is 0 Å². The molecule has 0 bridgehead atoms. The number of carbonyl (C=O) groups excluding carboxylic acids is 2. The van der Waals surface area contributed by atoms with Crippen molar-refractivity contribution in [1.29, 1.82) is 0 Å². The molecule has 2 aromatic rings. The van der Waals surface area contributed by atoms with Crippen molar-refractivity contribution in [2.75, 3.05) is 38.0 Å². The van der Waals surface area contributed by atoms with Gasteiger partial charge in [-0.25, -0.2) is 13.6 Å². The maximum Gasteiger partial charge on any atom is 0.238 e. The molecule has 1 saturated heterocycles. The van der Waals surface area contributed by atoms with Gasteiger partial charge in [-0.05, 0) is 42.7 Å². The molecule has 0 unspecified atom stereocenters. The van der Waals surface area contributed by atoms with Gasteiger partial charge in [0.2, 0.25) is 21.8 Å². The third-order valence-corrected chi connectivity index (χ3v) is 6.47. The molecule has 0 aromatic heterocycles. The lowest BCUT2D eigenvalue weighted by Crippen LogP contribution is -2.49. The molecule has 3 N–H and O–H groups in total. The van der Waals surface area contributed by atoms with Crippen LogP contribution in [0.15, 0.2) is 59.5 Å². The average molecular weight is 459 g/mol. The van der Waals surface area contributed by atoms with Crippen molar-refractivity contribution >= 4 is 27.5 Å². The number of nitrogens with one attached hydrogen (secondary N) is 1. The van der Waals surface area contributed by atoms with Gasteiger partial charge in [0.05, 0.1) is 4.90 Å². The van der Waals surface area contributed by atoms with Gasteiger partial charge in [0.25, 0.3) is 0 Å². The lowest BCUT2D eigenvalue weighted by atomic mass is 10.1. The van der Waals surface area contributed by atoms with E-state index >= 15 is 0 Å². The van der Waals surface area contributed by atoms with Crippen LogP contribution in [0.4, 0.5) is 5.69 Å². The molecule has 1 aliphatic heterocycles. The SMILES string of the molecule is NS(=O)(=O)c1ccc(NC(=O)CCN2CCN(C(=O)CCCc3ccccc3)CC2)cc1. The second kappa shape index (κ2) is 11.2. The molecular formula is C23H30N4O4S. The highest BCUT2D eigenvalue weighted by molar-refractivity contribution is 7.89. The fraction of sp³-hybridized carbons (Fsp3) is 0.391. The van der Waals surface area contributed by atoms with E-state index in [4.69, 9.17) is 5.14 Å². The molecule has 32 heavy (non-hydrogen) atoms. The van der Waals surface area contributed by atoms with E-state index in [1.165, 1.54) is 29.8 Å². The summed E-state index contributed by atoms with van der Waals surface area (Å²) in [5, 5.41) is 7.83. The third-order valence-electron chi connectivity index (χ3n) is 5.55. The zero-order chi connectivity index (χ0) is 23.0. The van der Waals surface area contributed by atoms with Gasteiger partial charge in [-0.2, -0.15) is 0 Å². The van der Waals surface area contributed by atoms with E-state index in [0.717, 1.165) is 25.9 Å². The molecule has 3 rings (SSSR count). The van der Waals surface area contributed by atoms with E-state index < -0.39 is 10.0 Å². The van der Waals surface area contributed by atoms with E-state index in [1.807, 2.05) is 23.1 Å². The molecule has 2 amide bonds. The number of nitrogens with zero attached hydrogens (tertiary/aromatic N) is 2. The Bertz CT molecular complexity index is 1000. The van der Waals surface area contributed by atoms with E-state index in [2.05, 4.69) is 22.3 Å². The number of sulfonamides is 1. The quantitative estimate of drug-likeness (QED) is 0.595. The van der Waals surface area contributed by atoms with E-state index in [-0.39, 0.29) is 16.7 Å². The number of hydrogen-bond donors (Lipinski definition) is 2. The molecule has 0 aliphatic carbocycles. The van der Waals surface area contributed by atoms with Gasteiger partial charge in [0.1, 0.15) is 0 Å². The van der Waals surface area contributed by atoms with Gasteiger partial charge in [-0.1, -0.05) is 30.3 Å². The molecule has 0 saturated carbocycles. The van der Waals surface area contributed by atoms with Gasteiger partial charge in [0.15, 0.2) is 0 Å². The lowest BCUT2D eigenvalue weighted by molar-refractivity contribution is -0.133. The monoisotopic (exact) mass is 458 g/mol. The first kappa shape index (κ1) is 23.9. The maximum absolute atomic E-state index is 12.4. The molecule has 1 fully saturated rings. The van der Waals surface area contributed by atoms with Crippen LogP contribution in [0.3, 0.4) is 0 Å². The number of benzene rings is 2. The molecule has 0 radical (unpaired) electrons. The Kier molecular flexibility index (Phi) is 8.38. The second-order valence-electron chi connectivity index (χ2n) is 7.93. The van der Waals surface area contributed by atoms with Crippen LogP contribution in [-0.2, 0) is 26.0 Å². The van der Waals surface area contributed by atoms with Crippen LogP contribution in [0.2, 0.25) is 0 Å². The summed E-state index contributed by atoms with van der Waals surface area (Å²) in [5.41, 5.74) is 1.78. The number of piperazine rings is 1. The summed E-state index contributed by atoms with van der Waals surface area (Å²) in [5.74, 6) is 0.0500. The van der Waals surface area contributed by atoms with Crippen LogP contribution in [0, 0.1) is 0 Å². The predicted octanol–water partition coefficient (Wildman–Crippen LogP) is 1.83. The summed E-state index contributed by atoms with van der Waals surface area (Å²) in [6.45, 7) is 3.47. The summed E-state index contributed by atoms with van der Waals surface area (Å²) in [6.07, 6.45) is 2.64. The molecule has 172 valence electrons. The molecule has 1 heterocycles. The predicted molar refractivity (Wildman–Crippen MR) is 123 cm³/mol. The van der Waals surface area contributed by atoms with Crippen molar-refractivity contribution in [3.05, 3.63) is 60.2 Å². The van der Waals surface area contributed by atoms with Crippen molar-refractivity contribution in [1.82, 2.24) is 9.80 Å². The van der Waals surface area contributed by atoms with Crippen molar-refractivity contribution in [2.45, 2.75) is 30.6 Å². The maximum atomic E-state index is 12.4. The first-order valence-electron chi connectivity index (χ1n) is 10.8. The Morgan fingerprint density at radius 3 is 2.19 bits per heavy atom. The number of hydrogen-bond acceptors (Lipinski definition) is 5. The van der Waals surface area contributed by atoms with Gasteiger partial charge < -0.3 is 10.2 Å². The summed E-state index contributed by atoms with van der Waals surface area (Å²) >= 11 is 0. The molecule has 2 aromatic carbocycles. The van der Waals surface area contributed by atoms with E-state index in [9.17, 15) is 18.0 Å². The zero-order valence-corrected chi connectivity index (χ0v) is 18.9. The number of aryl methyl sites for hydroxylation is 1. The molecule has 0 atom stereocenters. The Morgan fingerprint density at radius 1 is 0.906 bits per heavy atom.